The summed E-state index contributed by atoms with van der Waals surface area (Å²) < 4.78 is 17.3. The molecule has 0 saturated carbocycles. The van der Waals surface area contributed by atoms with E-state index in [4.69, 9.17) is 14.2 Å². The summed E-state index contributed by atoms with van der Waals surface area (Å²) in [5.41, 5.74) is -0.469. The molecule has 1 amide bonds. The van der Waals surface area contributed by atoms with Crippen LogP contribution >= 0.6 is 22.6 Å². The van der Waals surface area contributed by atoms with Crippen LogP contribution in [0.1, 0.15) is 27.2 Å². The van der Waals surface area contributed by atoms with E-state index >= 15 is 0 Å². The Morgan fingerprint density at radius 2 is 2.17 bits per heavy atom. The number of methoxy groups -OCH3 is 1. The Hall–Kier alpha value is -1.25. The standard InChI is InChI=1S/C16H23IN2O4/c1-16(2,3)23-15(20)19-8-7-11(9-19)10-22-14-12(21-4)5-6-13(17)18-14/h5-6,11H,7-10H2,1-4H3/t11-/m0/s1. The first-order valence-electron chi connectivity index (χ1n) is 7.60. The number of aromatic nitrogens is 1. The lowest BCUT2D eigenvalue weighted by molar-refractivity contribution is 0.0284. The van der Waals surface area contributed by atoms with Crippen LogP contribution in [0.2, 0.25) is 0 Å². The van der Waals surface area contributed by atoms with E-state index in [-0.39, 0.29) is 12.0 Å². The third-order valence-electron chi connectivity index (χ3n) is 3.40. The number of carbonyl (C=O) groups is 1. The van der Waals surface area contributed by atoms with Crippen molar-refractivity contribution in [2.45, 2.75) is 32.8 Å². The zero-order valence-electron chi connectivity index (χ0n) is 14.0. The third-order valence-corrected chi connectivity index (χ3v) is 4.01. The summed E-state index contributed by atoms with van der Waals surface area (Å²) in [7, 11) is 1.59. The Morgan fingerprint density at radius 3 is 2.83 bits per heavy atom. The number of rotatable bonds is 4. The highest BCUT2D eigenvalue weighted by atomic mass is 127. The lowest BCUT2D eigenvalue weighted by Gasteiger charge is -2.24. The molecule has 1 aromatic rings. The number of hydrogen-bond donors (Lipinski definition) is 0. The molecule has 1 saturated heterocycles. The van der Waals surface area contributed by atoms with E-state index in [1.807, 2.05) is 32.9 Å². The van der Waals surface area contributed by atoms with Gasteiger partial charge in [-0.05, 0) is 61.9 Å². The highest BCUT2D eigenvalue weighted by Crippen LogP contribution is 2.27. The van der Waals surface area contributed by atoms with Gasteiger partial charge in [0.05, 0.1) is 13.7 Å². The normalized spacial score (nSPS) is 18.0. The van der Waals surface area contributed by atoms with Crippen molar-refractivity contribution < 1.29 is 19.0 Å². The molecule has 0 radical (unpaired) electrons. The maximum Gasteiger partial charge on any atom is 0.410 e. The molecule has 1 aliphatic rings. The second-order valence-corrected chi connectivity index (χ2v) is 7.64. The zero-order valence-corrected chi connectivity index (χ0v) is 16.1. The van der Waals surface area contributed by atoms with Crippen molar-refractivity contribution in [1.29, 1.82) is 0 Å². The topological polar surface area (TPSA) is 60.9 Å². The van der Waals surface area contributed by atoms with Gasteiger partial charge in [-0.3, -0.25) is 0 Å². The molecule has 0 aliphatic carbocycles. The average Bonchev–Trinajstić information content (AvgIpc) is 2.92. The zero-order chi connectivity index (χ0) is 17.0. The summed E-state index contributed by atoms with van der Waals surface area (Å²) in [4.78, 5) is 18.1. The van der Waals surface area contributed by atoms with Crippen LogP contribution in [-0.4, -0.2) is 48.4 Å². The number of amides is 1. The Balaban J connectivity index is 1.87. The lowest BCUT2D eigenvalue weighted by atomic mass is 10.1. The Kier molecular flexibility index (Phi) is 5.94. The quantitative estimate of drug-likeness (QED) is 0.538. The summed E-state index contributed by atoms with van der Waals surface area (Å²) in [6.07, 6.45) is 0.635. The molecule has 23 heavy (non-hydrogen) atoms. The van der Waals surface area contributed by atoms with Gasteiger partial charge in [-0.15, -0.1) is 0 Å². The number of hydrogen-bond acceptors (Lipinski definition) is 5. The summed E-state index contributed by atoms with van der Waals surface area (Å²) in [5, 5.41) is 0. The highest BCUT2D eigenvalue weighted by Gasteiger charge is 2.30. The second kappa shape index (κ2) is 7.55. The molecule has 7 heteroatoms. The van der Waals surface area contributed by atoms with Crippen LogP contribution in [0.25, 0.3) is 0 Å². The first-order valence-corrected chi connectivity index (χ1v) is 8.67. The molecule has 0 aromatic carbocycles. The van der Waals surface area contributed by atoms with Gasteiger partial charge in [-0.1, -0.05) is 0 Å². The molecule has 1 fully saturated rings. The minimum atomic E-state index is -0.469. The van der Waals surface area contributed by atoms with E-state index in [0.29, 0.717) is 31.3 Å². The van der Waals surface area contributed by atoms with Gasteiger partial charge in [-0.2, -0.15) is 0 Å². The fourth-order valence-corrected chi connectivity index (χ4v) is 2.72. The fourth-order valence-electron chi connectivity index (χ4n) is 2.32. The minimum absolute atomic E-state index is 0.259. The smallest absolute Gasteiger partial charge is 0.410 e. The number of nitrogens with zero attached hydrogens (tertiary/aromatic N) is 2. The third kappa shape index (κ3) is 5.40. The second-order valence-electron chi connectivity index (χ2n) is 6.53. The van der Waals surface area contributed by atoms with E-state index < -0.39 is 5.60 Å². The molecule has 1 aromatic heterocycles. The van der Waals surface area contributed by atoms with Crippen molar-refractivity contribution in [2.24, 2.45) is 5.92 Å². The maximum absolute atomic E-state index is 12.1. The first kappa shape index (κ1) is 18.1. The number of carbonyl (C=O) groups excluding carboxylic acids is 1. The predicted molar refractivity (Wildman–Crippen MR) is 94.9 cm³/mol. The van der Waals surface area contributed by atoms with Crippen LogP contribution < -0.4 is 9.47 Å². The molecule has 2 heterocycles. The van der Waals surface area contributed by atoms with Gasteiger partial charge < -0.3 is 19.1 Å². The van der Waals surface area contributed by atoms with E-state index in [1.54, 1.807) is 12.0 Å². The molecule has 1 aliphatic heterocycles. The molecule has 0 N–H and O–H groups in total. The van der Waals surface area contributed by atoms with Gasteiger partial charge in [0.2, 0.25) is 0 Å². The monoisotopic (exact) mass is 434 g/mol. The fraction of sp³-hybridized carbons (Fsp3) is 0.625. The lowest BCUT2D eigenvalue weighted by Crippen LogP contribution is -2.35. The van der Waals surface area contributed by atoms with Crippen molar-refractivity contribution in [3.63, 3.8) is 0 Å². The molecular formula is C16H23IN2O4. The minimum Gasteiger partial charge on any atom is -0.491 e. The number of likely N-dealkylation sites (tertiary alicyclic amines) is 1. The molecule has 0 bridgehead atoms. The van der Waals surface area contributed by atoms with Gasteiger partial charge in [0.1, 0.15) is 9.30 Å². The Bertz CT molecular complexity index is 560. The van der Waals surface area contributed by atoms with Crippen LogP contribution in [0.5, 0.6) is 11.6 Å². The molecular weight excluding hydrogens is 411 g/mol. The summed E-state index contributed by atoms with van der Waals surface area (Å²) in [5.74, 6) is 1.38. The van der Waals surface area contributed by atoms with Crippen molar-refractivity contribution >= 4 is 28.7 Å². The van der Waals surface area contributed by atoms with Crippen molar-refractivity contribution in [3.05, 3.63) is 15.8 Å². The van der Waals surface area contributed by atoms with Gasteiger partial charge in [0.25, 0.3) is 5.88 Å². The van der Waals surface area contributed by atoms with Gasteiger partial charge in [0.15, 0.2) is 5.75 Å². The maximum atomic E-state index is 12.1. The van der Waals surface area contributed by atoms with Gasteiger partial charge in [0, 0.05) is 19.0 Å². The van der Waals surface area contributed by atoms with Gasteiger partial charge >= 0.3 is 6.09 Å². The van der Waals surface area contributed by atoms with Crippen molar-refractivity contribution in [3.8, 4) is 11.6 Å². The molecule has 1 atom stereocenters. The van der Waals surface area contributed by atoms with Crippen molar-refractivity contribution in [1.82, 2.24) is 9.88 Å². The Labute approximate surface area is 150 Å². The summed E-state index contributed by atoms with van der Waals surface area (Å²) in [6, 6.07) is 3.71. The average molecular weight is 434 g/mol. The van der Waals surface area contributed by atoms with Gasteiger partial charge in [-0.25, -0.2) is 9.78 Å². The summed E-state index contributed by atoms with van der Waals surface area (Å²) >= 11 is 2.13. The number of pyridine rings is 1. The summed E-state index contributed by atoms with van der Waals surface area (Å²) in [6.45, 7) is 7.45. The molecule has 6 nitrogen and oxygen atoms in total. The predicted octanol–water partition coefficient (Wildman–Crippen LogP) is 3.33. The van der Waals surface area contributed by atoms with Crippen LogP contribution in [0, 0.1) is 9.62 Å². The molecule has 128 valence electrons. The van der Waals surface area contributed by atoms with E-state index in [0.717, 1.165) is 10.1 Å². The van der Waals surface area contributed by atoms with Crippen molar-refractivity contribution in [2.75, 3.05) is 26.8 Å². The van der Waals surface area contributed by atoms with E-state index in [2.05, 4.69) is 27.6 Å². The molecule has 0 unspecified atom stereocenters. The highest BCUT2D eigenvalue weighted by molar-refractivity contribution is 14.1. The van der Waals surface area contributed by atoms with Crippen LogP contribution in [0.4, 0.5) is 4.79 Å². The van der Waals surface area contributed by atoms with Crippen LogP contribution in [0.15, 0.2) is 12.1 Å². The largest absolute Gasteiger partial charge is 0.491 e. The molecule has 2 rings (SSSR count). The molecule has 0 spiro atoms. The van der Waals surface area contributed by atoms with Crippen LogP contribution in [0.3, 0.4) is 0 Å². The number of ether oxygens (including phenoxy) is 3. The van der Waals surface area contributed by atoms with Crippen LogP contribution in [-0.2, 0) is 4.74 Å². The van der Waals surface area contributed by atoms with E-state index in [1.165, 1.54) is 0 Å². The SMILES string of the molecule is COc1ccc(I)nc1OC[C@H]1CCN(C(=O)OC(C)(C)C)C1. The Morgan fingerprint density at radius 1 is 1.43 bits per heavy atom. The number of halogens is 1. The van der Waals surface area contributed by atoms with E-state index in [9.17, 15) is 4.79 Å². The first-order chi connectivity index (χ1) is 10.8.